The minimum absolute atomic E-state index is 0.313. The van der Waals surface area contributed by atoms with Gasteiger partial charge in [-0.3, -0.25) is 0 Å². The normalized spacial score (nSPS) is 19.9. The molecule has 1 aliphatic carbocycles. The Balaban J connectivity index is 1.77. The van der Waals surface area contributed by atoms with Crippen LogP contribution in [0.5, 0.6) is 0 Å². The molecule has 1 aromatic heterocycles. The fraction of sp³-hybridized carbons (Fsp3) is 0.909. The lowest BCUT2D eigenvalue weighted by atomic mass is 9.85. The lowest BCUT2D eigenvalue weighted by Crippen LogP contribution is -2.18. The molecule has 0 saturated heterocycles. The average molecular weight is 224 g/mol. The zero-order valence-electron chi connectivity index (χ0n) is 9.84. The van der Waals surface area contributed by atoms with Crippen LogP contribution in [0.4, 0.5) is 0 Å². The summed E-state index contributed by atoms with van der Waals surface area (Å²) >= 11 is 0. The number of aliphatic hydroxyl groups is 1. The third-order valence-electron chi connectivity index (χ3n) is 3.30. The molecule has 5 nitrogen and oxygen atoms in total. The summed E-state index contributed by atoms with van der Waals surface area (Å²) in [5, 5.41) is 21.7. The minimum atomic E-state index is -0.313. The summed E-state index contributed by atoms with van der Waals surface area (Å²) < 4.78 is 0. The molecule has 1 heterocycles. The molecule has 0 bridgehead atoms. The van der Waals surface area contributed by atoms with Crippen molar-refractivity contribution in [2.24, 2.45) is 13.0 Å². The summed E-state index contributed by atoms with van der Waals surface area (Å²) in [5.74, 6) is 1.34. The van der Waals surface area contributed by atoms with Gasteiger partial charge in [0.15, 0.2) is 5.82 Å². The second kappa shape index (κ2) is 5.39. The summed E-state index contributed by atoms with van der Waals surface area (Å²) in [7, 11) is 1.74. The summed E-state index contributed by atoms with van der Waals surface area (Å²) in [6, 6.07) is 0. The number of hydrogen-bond donors (Lipinski definition) is 1. The average Bonchev–Trinajstić information content (AvgIpc) is 2.65. The van der Waals surface area contributed by atoms with Crippen molar-refractivity contribution in [2.45, 2.75) is 51.0 Å². The first kappa shape index (κ1) is 11.5. The topological polar surface area (TPSA) is 63.8 Å². The van der Waals surface area contributed by atoms with Crippen molar-refractivity contribution in [3.05, 3.63) is 5.82 Å². The smallest absolute Gasteiger partial charge is 0.177 e. The quantitative estimate of drug-likeness (QED) is 0.831. The predicted octanol–water partition coefficient (Wildman–Crippen LogP) is 1.08. The van der Waals surface area contributed by atoms with Crippen molar-refractivity contribution >= 4 is 0 Å². The molecule has 1 unspecified atom stereocenters. The number of nitrogens with zero attached hydrogens (tertiary/aromatic N) is 4. The van der Waals surface area contributed by atoms with E-state index in [1.165, 1.54) is 36.9 Å². The van der Waals surface area contributed by atoms with Crippen LogP contribution < -0.4 is 0 Å². The Hall–Kier alpha value is -0.970. The summed E-state index contributed by atoms with van der Waals surface area (Å²) in [4.78, 5) is 1.43. The van der Waals surface area contributed by atoms with Crippen molar-refractivity contribution in [1.82, 2.24) is 20.2 Å². The molecule has 0 amide bonds. The largest absolute Gasteiger partial charge is 0.393 e. The monoisotopic (exact) mass is 224 g/mol. The Morgan fingerprint density at radius 3 is 2.75 bits per heavy atom. The molecule has 2 rings (SSSR count). The van der Waals surface area contributed by atoms with Gasteiger partial charge in [-0.15, -0.1) is 10.2 Å². The van der Waals surface area contributed by atoms with E-state index < -0.39 is 0 Å². The van der Waals surface area contributed by atoms with E-state index in [-0.39, 0.29) is 6.10 Å². The lowest BCUT2D eigenvalue weighted by molar-refractivity contribution is 0.128. The molecule has 90 valence electrons. The number of rotatable bonds is 4. The number of aliphatic hydroxyl groups excluding tert-OH is 1. The maximum atomic E-state index is 9.95. The molecular formula is C11H20N4O. The highest BCUT2D eigenvalue weighted by atomic mass is 16.3. The number of aromatic nitrogens is 4. The molecule has 1 fully saturated rings. The fourth-order valence-electron chi connectivity index (χ4n) is 2.51. The van der Waals surface area contributed by atoms with Crippen molar-refractivity contribution in [2.75, 3.05) is 0 Å². The second-order valence-electron chi connectivity index (χ2n) is 4.79. The first-order valence-electron chi connectivity index (χ1n) is 6.15. The zero-order chi connectivity index (χ0) is 11.4. The van der Waals surface area contributed by atoms with Crippen LogP contribution in [0.2, 0.25) is 0 Å². The standard InChI is InChI=1S/C11H20N4O/c1-15-13-11(12-14-15)8-10(16)7-9-5-3-2-4-6-9/h9-10,16H,2-8H2,1H3. The lowest BCUT2D eigenvalue weighted by Gasteiger charge is -2.23. The molecular weight excluding hydrogens is 204 g/mol. The van der Waals surface area contributed by atoms with Gasteiger partial charge in [0.25, 0.3) is 0 Å². The van der Waals surface area contributed by atoms with Crippen LogP contribution in [0, 0.1) is 5.92 Å². The van der Waals surface area contributed by atoms with E-state index in [0.717, 1.165) is 6.42 Å². The van der Waals surface area contributed by atoms with Crippen molar-refractivity contribution in [3.63, 3.8) is 0 Å². The summed E-state index contributed by atoms with van der Waals surface area (Å²) in [6.45, 7) is 0. The highest BCUT2D eigenvalue weighted by Crippen LogP contribution is 2.27. The van der Waals surface area contributed by atoms with Gasteiger partial charge >= 0.3 is 0 Å². The van der Waals surface area contributed by atoms with Gasteiger partial charge < -0.3 is 5.11 Å². The van der Waals surface area contributed by atoms with E-state index in [2.05, 4.69) is 15.4 Å². The molecule has 0 aliphatic heterocycles. The number of tetrazole rings is 1. The number of hydrogen-bond acceptors (Lipinski definition) is 4. The molecule has 0 radical (unpaired) electrons. The third-order valence-corrected chi connectivity index (χ3v) is 3.30. The van der Waals surface area contributed by atoms with Crippen LogP contribution in [0.3, 0.4) is 0 Å². The van der Waals surface area contributed by atoms with Gasteiger partial charge in [-0.25, -0.2) is 0 Å². The molecule has 1 aliphatic rings. The predicted molar refractivity (Wildman–Crippen MR) is 59.7 cm³/mol. The van der Waals surface area contributed by atoms with Crippen LogP contribution in [0.15, 0.2) is 0 Å². The van der Waals surface area contributed by atoms with E-state index >= 15 is 0 Å². The van der Waals surface area contributed by atoms with E-state index in [4.69, 9.17) is 0 Å². The molecule has 1 saturated carbocycles. The maximum Gasteiger partial charge on any atom is 0.177 e. The van der Waals surface area contributed by atoms with E-state index in [1.807, 2.05) is 0 Å². The molecule has 1 aromatic rings. The highest BCUT2D eigenvalue weighted by Gasteiger charge is 2.18. The van der Waals surface area contributed by atoms with Gasteiger partial charge in [0.2, 0.25) is 0 Å². The Bertz CT molecular complexity index is 320. The maximum absolute atomic E-state index is 9.95. The van der Waals surface area contributed by atoms with Crippen LogP contribution >= 0.6 is 0 Å². The molecule has 16 heavy (non-hydrogen) atoms. The van der Waals surface area contributed by atoms with Gasteiger partial charge in [0.05, 0.1) is 13.2 Å². The minimum Gasteiger partial charge on any atom is -0.393 e. The first-order valence-corrected chi connectivity index (χ1v) is 6.15. The Morgan fingerprint density at radius 1 is 1.38 bits per heavy atom. The summed E-state index contributed by atoms with van der Waals surface area (Å²) in [5.41, 5.74) is 0. The molecule has 5 heteroatoms. The van der Waals surface area contributed by atoms with Crippen LogP contribution in [0.1, 0.15) is 44.3 Å². The fourth-order valence-corrected chi connectivity index (χ4v) is 2.51. The van der Waals surface area contributed by atoms with E-state index in [0.29, 0.717) is 18.2 Å². The Labute approximate surface area is 95.9 Å². The van der Waals surface area contributed by atoms with Gasteiger partial charge in [-0.1, -0.05) is 32.1 Å². The highest BCUT2D eigenvalue weighted by molar-refractivity contribution is 4.82. The SMILES string of the molecule is Cn1nnc(CC(O)CC2CCCCC2)n1. The zero-order valence-corrected chi connectivity index (χ0v) is 9.84. The molecule has 0 spiro atoms. The van der Waals surface area contributed by atoms with Gasteiger partial charge in [0.1, 0.15) is 0 Å². The summed E-state index contributed by atoms with van der Waals surface area (Å²) in [6.07, 6.45) is 7.64. The second-order valence-corrected chi connectivity index (χ2v) is 4.79. The van der Waals surface area contributed by atoms with Gasteiger partial charge in [0, 0.05) is 6.42 Å². The molecule has 1 atom stereocenters. The first-order chi connectivity index (χ1) is 7.74. The van der Waals surface area contributed by atoms with Gasteiger partial charge in [-0.05, 0) is 17.6 Å². The van der Waals surface area contributed by atoms with Crippen LogP contribution in [-0.4, -0.2) is 31.4 Å². The van der Waals surface area contributed by atoms with E-state index in [1.54, 1.807) is 7.05 Å². The number of aryl methyl sites for hydroxylation is 1. The Kier molecular flexibility index (Phi) is 3.88. The van der Waals surface area contributed by atoms with Crippen LogP contribution in [-0.2, 0) is 13.5 Å². The van der Waals surface area contributed by atoms with Crippen molar-refractivity contribution in [3.8, 4) is 0 Å². The third kappa shape index (κ3) is 3.27. The van der Waals surface area contributed by atoms with Crippen molar-refractivity contribution < 1.29 is 5.11 Å². The van der Waals surface area contributed by atoms with Crippen molar-refractivity contribution in [1.29, 1.82) is 0 Å². The van der Waals surface area contributed by atoms with Crippen LogP contribution in [0.25, 0.3) is 0 Å². The molecule has 0 aromatic carbocycles. The Morgan fingerprint density at radius 2 is 2.12 bits per heavy atom. The van der Waals surface area contributed by atoms with Gasteiger partial charge in [-0.2, -0.15) is 4.80 Å². The molecule has 1 N–H and O–H groups in total. The van der Waals surface area contributed by atoms with E-state index in [9.17, 15) is 5.11 Å².